The van der Waals surface area contributed by atoms with Gasteiger partial charge in [-0.05, 0) is 37.1 Å². The summed E-state index contributed by atoms with van der Waals surface area (Å²) in [5, 5.41) is 6.60. The highest BCUT2D eigenvalue weighted by Crippen LogP contribution is 2.29. The summed E-state index contributed by atoms with van der Waals surface area (Å²) in [7, 11) is 0. The van der Waals surface area contributed by atoms with Crippen molar-refractivity contribution in [2.45, 2.75) is 24.9 Å². The minimum atomic E-state index is -0.457. The summed E-state index contributed by atoms with van der Waals surface area (Å²) in [5.41, 5.74) is 1.07. The number of urea groups is 1. The molecule has 7 nitrogen and oxygen atoms in total. The van der Waals surface area contributed by atoms with Crippen LogP contribution in [0.1, 0.15) is 19.3 Å². The molecule has 126 valence electrons. The predicted molar refractivity (Wildman–Crippen MR) is 87.9 cm³/mol. The highest BCUT2D eigenvalue weighted by Gasteiger charge is 2.41. The average molecular weight is 329 g/mol. The van der Waals surface area contributed by atoms with E-state index in [2.05, 4.69) is 10.6 Å². The lowest BCUT2D eigenvalue weighted by atomic mass is 9.95. The van der Waals surface area contributed by atoms with Crippen molar-refractivity contribution in [3.8, 4) is 0 Å². The van der Waals surface area contributed by atoms with Crippen molar-refractivity contribution in [3.05, 3.63) is 30.5 Å². The number of alkyl carbamates (subject to hydrolysis) is 1. The SMILES string of the molecule is O=C1NCC2(CCCN(C(=O)Nc3ccc4occc4c3)CC2)O1. The van der Waals surface area contributed by atoms with Crippen LogP contribution in [0.4, 0.5) is 15.3 Å². The molecule has 3 amide bonds. The van der Waals surface area contributed by atoms with E-state index in [0.717, 1.165) is 29.5 Å². The molecule has 2 aromatic rings. The lowest BCUT2D eigenvalue weighted by molar-refractivity contribution is 0.0454. The van der Waals surface area contributed by atoms with Crippen molar-refractivity contribution < 1.29 is 18.7 Å². The van der Waals surface area contributed by atoms with E-state index in [0.29, 0.717) is 26.1 Å². The van der Waals surface area contributed by atoms with Gasteiger partial charge in [0.15, 0.2) is 0 Å². The number of carbonyl (C=O) groups is 2. The Morgan fingerprint density at radius 2 is 2.17 bits per heavy atom. The van der Waals surface area contributed by atoms with Crippen LogP contribution in [0.5, 0.6) is 0 Å². The Morgan fingerprint density at radius 3 is 3.00 bits per heavy atom. The zero-order chi connectivity index (χ0) is 16.6. The van der Waals surface area contributed by atoms with Gasteiger partial charge in [-0.3, -0.25) is 0 Å². The number of carbonyl (C=O) groups excluding carboxylic acids is 2. The number of ether oxygens (including phenoxy) is 1. The second kappa shape index (κ2) is 5.74. The van der Waals surface area contributed by atoms with Crippen LogP contribution < -0.4 is 10.6 Å². The Hall–Kier alpha value is -2.70. The lowest BCUT2D eigenvalue weighted by Crippen LogP contribution is -2.38. The summed E-state index contributed by atoms with van der Waals surface area (Å²) >= 11 is 0. The van der Waals surface area contributed by atoms with Crippen LogP contribution in [0.2, 0.25) is 0 Å². The third-order valence-electron chi connectivity index (χ3n) is 4.75. The van der Waals surface area contributed by atoms with Crippen LogP contribution >= 0.6 is 0 Å². The third-order valence-corrected chi connectivity index (χ3v) is 4.75. The monoisotopic (exact) mass is 329 g/mol. The Kier molecular flexibility index (Phi) is 3.55. The Labute approximate surface area is 138 Å². The Bertz CT molecular complexity index is 787. The van der Waals surface area contributed by atoms with Gasteiger partial charge in [0, 0.05) is 30.6 Å². The maximum atomic E-state index is 12.5. The number of furan rings is 1. The van der Waals surface area contributed by atoms with Crippen molar-refractivity contribution in [2.24, 2.45) is 0 Å². The zero-order valence-electron chi connectivity index (χ0n) is 13.2. The molecule has 0 saturated carbocycles. The molecule has 2 fully saturated rings. The molecule has 1 aromatic carbocycles. The number of likely N-dealkylation sites (tertiary alicyclic amines) is 1. The van der Waals surface area contributed by atoms with E-state index in [1.807, 2.05) is 24.3 Å². The molecule has 4 rings (SSSR count). The fourth-order valence-corrected chi connectivity index (χ4v) is 3.40. The van der Waals surface area contributed by atoms with Crippen molar-refractivity contribution in [2.75, 3.05) is 25.0 Å². The Balaban J connectivity index is 1.41. The standard InChI is InChI=1S/C17H19N3O4/c21-15(19-13-2-3-14-12(10-13)4-9-23-14)20-7-1-5-17(6-8-20)11-18-16(22)24-17/h2-4,9-10H,1,5-8,11H2,(H,18,22)(H,19,21). The minimum absolute atomic E-state index is 0.132. The largest absolute Gasteiger partial charge is 0.464 e. The molecule has 2 saturated heterocycles. The molecule has 0 radical (unpaired) electrons. The molecule has 1 unspecified atom stereocenters. The van der Waals surface area contributed by atoms with Gasteiger partial charge >= 0.3 is 12.1 Å². The molecule has 0 bridgehead atoms. The van der Waals surface area contributed by atoms with Gasteiger partial charge in [-0.2, -0.15) is 0 Å². The van der Waals surface area contributed by atoms with Gasteiger partial charge in [-0.25, -0.2) is 9.59 Å². The predicted octanol–water partition coefficient (Wildman–Crippen LogP) is 2.93. The zero-order valence-corrected chi connectivity index (χ0v) is 13.2. The molecule has 3 heterocycles. The fourth-order valence-electron chi connectivity index (χ4n) is 3.40. The summed E-state index contributed by atoms with van der Waals surface area (Å²) in [5.74, 6) is 0. The van der Waals surface area contributed by atoms with Crippen LogP contribution in [0, 0.1) is 0 Å². The number of benzene rings is 1. The molecule has 1 atom stereocenters. The van der Waals surface area contributed by atoms with Crippen LogP contribution in [-0.2, 0) is 4.74 Å². The van der Waals surface area contributed by atoms with Gasteiger partial charge in [-0.15, -0.1) is 0 Å². The molecule has 1 spiro atoms. The second-order valence-corrected chi connectivity index (χ2v) is 6.37. The van der Waals surface area contributed by atoms with Gasteiger partial charge in [0.05, 0.1) is 12.8 Å². The van der Waals surface area contributed by atoms with E-state index in [1.165, 1.54) is 0 Å². The molecule has 7 heteroatoms. The first-order valence-corrected chi connectivity index (χ1v) is 8.14. The van der Waals surface area contributed by atoms with Crippen molar-refractivity contribution in [1.29, 1.82) is 0 Å². The Morgan fingerprint density at radius 1 is 1.25 bits per heavy atom. The quantitative estimate of drug-likeness (QED) is 0.842. The maximum Gasteiger partial charge on any atom is 0.407 e. The van der Waals surface area contributed by atoms with E-state index in [9.17, 15) is 9.59 Å². The van der Waals surface area contributed by atoms with Gasteiger partial charge in [0.2, 0.25) is 0 Å². The number of hydrogen-bond acceptors (Lipinski definition) is 4. The lowest BCUT2D eigenvalue weighted by Gasteiger charge is -2.25. The average Bonchev–Trinajstić information content (AvgIpc) is 3.10. The van der Waals surface area contributed by atoms with Crippen LogP contribution in [-0.4, -0.2) is 42.3 Å². The normalized spacial score (nSPS) is 23.8. The summed E-state index contributed by atoms with van der Waals surface area (Å²) in [6.07, 6.45) is 3.50. The van der Waals surface area contributed by atoms with Crippen LogP contribution in [0.15, 0.2) is 34.9 Å². The van der Waals surface area contributed by atoms with Crippen molar-refractivity contribution >= 4 is 28.8 Å². The van der Waals surface area contributed by atoms with E-state index in [4.69, 9.17) is 9.15 Å². The molecule has 0 aliphatic carbocycles. The third kappa shape index (κ3) is 2.77. The smallest absolute Gasteiger partial charge is 0.407 e. The van der Waals surface area contributed by atoms with E-state index >= 15 is 0 Å². The van der Waals surface area contributed by atoms with Crippen molar-refractivity contribution in [1.82, 2.24) is 10.2 Å². The van der Waals surface area contributed by atoms with E-state index in [-0.39, 0.29) is 12.1 Å². The van der Waals surface area contributed by atoms with Crippen molar-refractivity contribution in [3.63, 3.8) is 0 Å². The van der Waals surface area contributed by atoms with E-state index in [1.54, 1.807) is 11.2 Å². The summed E-state index contributed by atoms with van der Waals surface area (Å²) < 4.78 is 10.7. The number of nitrogens with zero attached hydrogens (tertiary/aromatic N) is 1. The first-order valence-electron chi connectivity index (χ1n) is 8.14. The number of rotatable bonds is 1. The van der Waals surface area contributed by atoms with Crippen LogP contribution in [0.25, 0.3) is 11.0 Å². The summed E-state index contributed by atoms with van der Waals surface area (Å²) in [4.78, 5) is 25.6. The molecule has 2 aliphatic heterocycles. The number of amides is 3. The number of nitrogens with one attached hydrogen (secondary N) is 2. The molecule has 24 heavy (non-hydrogen) atoms. The van der Waals surface area contributed by atoms with E-state index < -0.39 is 5.60 Å². The van der Waals surface area contributed by atoms with Crippen LogP contribution in [0.3, 0.4) is 0 Å². The molecular formula is C17H19N3O4. The maximum absolute atomic E-state index is 12.5. The van der Waals surface area contributed by atoms with Gasteiger partial charge in [0.1, 0.15) is 11.2 Å². The molecule has 2 aliphatic rings. The summed E-state index contributed by atoms with van der Waals surface area (Å²) in [6, 6.07) is 7.28. The topological polar surface area (TPSA) is 83.8 Å². The highest BCUT2D eigenvalue weighted by molar-refractivity contribution is 5.92. The number of anilines is 1. The molecular weight excluding hydrogens is 310 g/mol. The number of hydrogen-bond donors (Lipinski definition) is 2. The fraction of sp³-hybridized carbons (Fsp3) is 0.412. The van der Waals surface area contributed by atoms with Gasteiger partial charge in [-0.1, -0.05) is 0 Å². The summed E-state index contributed by atoms with van der Waals surface area (Å²) in [6.45, 7) is 1.74. The minimum Gasteiger partial charge on any atom is -0.464 e. The molecule has 2 N–H and O–H groups in total. The number of fused-ring (bicyclic) bond motifs is 1. The van der Waals surface area contributed by atoms with Gasteiger partial charge in [0.25, 0.3) is 0 Å². The first-order chi connectivity index (χ1) is 11.6. The highest BCUT2D eigenvalue weighted by atomic mass is 16.6. The second-order valence-electron chi connectivity index (χ2n) is 6.37. The first kappa shape index (κ1) is 14.9. The molecule has 1 aromatic heterocycles. The van der Waals surface area contributed by atoms with Gasteiger partial charge < -0.3 is 24.7 Å².